The van der Waals surface area contributed by atoms with Crippen molar-refractivity contribution in [3.05, 3.63) is 81.4 Å². The van der Waals surface area contributed by atoms with E-state index >= 15 is 0 Å². The second-order valence-electron chi connectivity index (χ2n) is 6.62. The average molecular weight is 602 g/mol. The number of halogens is 14. The van der Waals surface area contributed by atoms with E-state index < -0.39 is 117 Å². The largest absolute Gasteiger partial charge is 0.519 e. The highest BCUT2D eigenvalue weighted by Gasteiger charge is 2.35. The molecule has 3 aromatic carbocycles. The van der Waals surface area contributed by atoms with Crippen LogP contribution in [0.3, 0.4) is 0 Å². The lowest BCUT2D eigenvalue weighted by molar-refractivity contribution is 0.135. The van der Waals surface area contributed by atoms with Crippen LogP contribution in [0.2, 0.25) is 0 Å². The number of carbonyl (C=O) groups is 2. The molecule has 40 heavy (non-hydrogen) atoms. The molecule has 0 amide bonds. The second-order valence-corrected chi connectivity index (χ2v) is 6.62. The first kappa shape index (κ1) is 29.8. The predicted octanol–water partition coefficient (Wildman–Crippen LogP) is 6.79. The molecule has 0 aliphatic carbocycles. The van der Waals surface area contributed by atoms with Crippen molar-refractivity contribution >= 4 is 12.3 Å². The van der Waals surface area contributed by atoms with Crippen LogP contribution in [-0.2, 0) is 0 Å². The van der Waals surface area contributed by atoms with Crippen LogP contribution < -0.4 is 18.9 Å². The molecule has 3 aromatic rings. The Morgan fingerprint density at radius 1 is 0.275 bits per heavy atom. The van der Waals surface area contributed by atoms with Crippen LogP contribution in [0.15, 0.2) is 0 Å². The molecule has 0 atom stereocenters. The summed E-state index contributed by atoms with van der Waals surface area (Å²) in [6.45, 7) is 0. The smallest absolute Gasteiger partial charge is 0.388 e. The molecule has 0 N–H and O–H groups in total. The maximum absolute atomic E-state index is 14.5. The molecular weight excluding hydrogens is 602 g/mol. The van der Waals surface area contributed by atoms with Gasteiger partial charge in [0.05, 0.1) is 0 Å². The molecule has 0 spiro atoms. The Bertz CT molecular complexity index is 1420. The zero-order valence-corrected chi connectivity index (χ0v) is 17.7. The van der Waals surface area contributed by atoms with Crippen LogP contribution in [0.1, 0.15) is 0 Å². The van der Waals surface area contributed by atoms with E-state index in [-0.39, 0.29) is 0 Å². The summed E-state index contributed by atoms with van der Waals surface area (Å²) >= 11 is 0. The van der Waals surface area contributed by atoms with Gasteiger partial charge in [0.1, 0.15) is 0 Å². The summed E-state index contributed by atoms with van der Waals surface area (Å²) in [5.41, 5.74) is 0. The van der Waals surface area contributed by atoms with Crippen molar-refractivity contribution in [2.24, 2.45) is 0 Å². The Hall–Kier alpha value is -4.78. The molecular formula is C20F14O6. The monoisotopic (exact) mass is 602 g/mol. The summed E-state index contributed by atoms with van der Waals surface area (Å²) in [4.78, 5) is 23.3. The van der Waals surface area contributed by atoms with Gasteiger partial charge >= 0.3 is 12.3 Å². The minimum atomic E-state index is -2.88. The Kier molecular flexibility index (Phi) is 8.01. The van der Waals surface area contributed by atoms with Crippen molar-refractivity contribution in [1.82, 2.24) is 0 Å². The maximum Gasteiger partial charge on any atom is 0.519 e. The van der Waals surface area contributed by atoms with Crippen LogP contribution in [0.4, 0.5) is 71.1 Å². The van der Waals surface area contributed by atoms with Crippen LogP contribution >= 0.6 is 0 Å². The van der Waals surface area contributed by atoms with Crippen molar-refractivity contribution < 1.29 is 90.0 Å². The molecule has 0 unspecified atom stereocenters. The first-order valence-corrected chi connectivity index (χ1v) is 9.19. The van der Waals surface area contributed by atoms with Gasteiger partial charge < -0.3 is 18.9 Å². The fraction of sp³-hybridized carbons (Fsp3) is 0. The molecule has 20 heteroatoms. The van der Waals surface area contributed by atoms with E-state index in [0.717, 1.165) is 0 Å². The third-order valence-electron chi connectivity index (χ3n) is 4.26. The van der Waals surface area contributed by atoms with Gasteiger partial charge in [0, 0.05) is 0 Å². The number of hydrogen-bond acceptors (Lipinski definition) is 6. The zero-order valence-electron chi connectivity index (χ0n) is 17.7. The van der Waals surface area contributed by atoms with Crippen molar-refractivity contribution in [2.75, 3.05) is 0 Å². The first-order chi connectivity index (χ1) is 18.5. The number of rotatable bonds is 4. The summed E-state index contributed by atoms with van der Waals surface area (Å²) in [6.07, 6.45) is -5.55. The summed E-state index contributed by atoms with van der Waals surface area (Å²) in [7, 11) is 0. The highest BCUT2D eigenvalue weighted by Crippen LogP contribution is 2.37. The van der Waals surface area contributed by atoms with Crippen molar-refractivity contribution in [1.29, 1.82) is 0 Å². The van der Waals surface area contributed by atoms with Gasteiger partial charge in [0.2, 0.25) is 104 Å². The average Bonchev–Trinajstić information content (AvgIpc) is 2.92. The number of carbonyl (C=O) groups excluding carboxylic acids is 2. The number of hydrogen-bond donors (Lipinski definition) is 0. The highest BCUT2D eigenvalue weighted by atomic mass is 19.2. The van der Waals surface area contributed by atoms with Gasteiger partial charge in [-0.25, -0.2) is 40.3 Å². The molecule has 0 bridgehead atoms. The molecule has 214 valence electrons. The molecule has 0 aliphatic heterocycles. The Morgan fingerprint density at radius 2 is 0.425 bits per heavy atom. The molecule has 0 heterocycles. The van der Waals surface area contributed by atoms with Crippen LogP contribution in [0, 0.1) is 81.4 Å². The van der Waals surface area contributed by atoms with Crippen molar-refractivity contribution in [2.45, 2.75) is 0 Å². The lowest BCUT2D eigenvalue weighted by atomic mass is 10.2. The highest BCUT2D eigenvalue weighted by molar-refractivity contribution is 5.70. The van der Waals surface area contributed by atoms with E-state index in [1.807, 2.05) is 0 Å². The van der Waals surface area contributed by atoms with Crippen LogP contribution in [-0.4, -0.2) is 12.3 Å². The summed E-state index contributed by atoms with van der Waals surface area (Å²) in [5, 5.41) is 0. The van der Waals surface area contributed by atoms with E-state index in [1.54, 1.807) is 0 Å². The third kappa shape index (κ3) is 4.98. The SMILES string of the molecule is O=C(Oc1c(F)c(F)c(F)c(F)c1F)Oc1c(F)c(F)c(F)c(OC(=O)Oc2c(F)c(F)c(F)c(F)c2F)c1F. The fourth-order valence-corrected chi connectivity index (χ4v) is 2.49. The van der Waals surface area contributed by atoms with Gasteiger partial charge in [0.25, 0.3) is 0 Å². The molecule has 3 rings (SSSR count). The van der Waals surface area contributed by atoms with Gasteiger partial charge in [-0.15, -0.1) is 0 Å². The molecule has 6 nitrogen and oxygen atoms in total. The third-order valence-corrected chi connectivity index (χ3v) is 4.26. The summed E-state index contributed by atoms with van der Waals surface area (Å²) in [6, 6.07) is 0. The molecule has 0 radical (unpaired) electrons. The van der Waals surface area contributed by atoms with E-state index in [4.69, 9.17) is 0 Å². The molecule has 0 aromatic heterocycles. The van der Waals surface area contributed by atoms with Gasteiger partial charge in [-0.3, -0.25) is 0 Å². The fourth-order valence-electron chi connectivity index (χ4n) is 2.49. The Morgan fingerprint density at radius 3 is 0.650 bits per heavy atom. The maximum atomic E-state index is 14.5. The molecule has 0 aliphatic rings. The van der Waals surface area contributed by atoms with E-state index in [0.29, 0.717) is 0 Å². The van der Waals surface area contributed by atoms with Crippen molar-refractivity contribution in [3.63, 3.8) is 0 Å². The molecule has 0 fully saturated rings. The van der Waals surface area contributed by atoms with Gasteiger partial charge in [0.15, 0.2) is 0 Å². The molecule has 0 saturated carbocycles. The minimum absolute atomic E-state index is 2.40. The minimum Gasteiger partial charge on any atom is -0.388 e. The lowest BCUT2D eigenvalue weighted by Crippen LogP contribution is -2.21. The van der Waals surface area contributed by atoms with Crippen LogP contribution in [0.5, 0.6) is 23.0 Å². The van der Waals surface area contributed by atoms with Gasteiger partial charge in [-0.1, -0.05) is 0 Å². The predicted molar refractivity (Wildman–Crippen MR) is 92.0 cm³/mol. The van der Waals surface area contributed by atoms with E-state index in [1.165, 1.54) is 0 Å². The summed E-state index contributed by atoms with van der Waals surface area (Å²) in [5.74, 6) is -48.4. The van der Waals surface area contributed by atoms with Crippen molar-refractivity contribution in [3.8, 4) is 23.0 Å². The first-order valence-electron chi connectivity index (χ1n) is 9.19. The quantitative estimate of drug-likeness (QED) is 0.108. The summed E-state index contributed by atoms with van der Waals surface area (Å²) < 4.78 is 204. The van der Waals surface area contributed by atoms with Crippen LogP contribution in [0.25, 0.3) is 0 Å². The number of ether oxygens (including phenoxy) is 4. The normalized spacial score (nSPS) is 10.9. The number of benzene rings is 3. The lowest BCUT2D eigenvalue weighted by Gasteiger charge is -2.13. The van der Waals surface area contributed by atoms with E-state index in [9.17, 15) is 71.1 Å². The zero-order chi connectivity index (χ0) is 30.4. The molecule has 0 saturated heterocycles. The topological polar surface area (TPSA) is 71.1 Å². The Labute approximate surface area is 207 Å². The van der Waals surface area contributed by atoms with Gasteiger partial charge in [-0.2, -0.15) is 30.7 Å². The van der Waals surface area contributed by atoms with E-state index in [2.05, 4.69) is 18.9 Å². The standard InChI is InChI=1S/C20F14O6/c21-1-3(23)8(28)15(9(29)4(1)24)37-19(35)39-17-12(32)7(27)13(33)18(14(17)34)40-20(36)38-16-10(30)5(25)2(22)6(26)11(16)31. The second kappa shape index (κ2) is 10.8. The van der Waals surface area contributed by atoms with Gasteiger partial charge in [-0.05, 0) is 0 Å². The Balaban J connectivity index is 1.94.